The van der Waals surface area contributed by atoms with Gasteiger partial charge >= 0.3 is 5.97 Å². The fourth-order valence-electron chi connectivity index (χ4n) is 6.43. The summed E-state index contributed by atoms with van der Waals surface area (Å²) < 4.78 is 12.5. The van der Waals surface area contributed by atoms with Crippen molar-refractivity contribution in [2.24, 2.45) is 5.41 Å². The van der Waals surface area contributed by atoms with E-state index in [0.29, 0.717) is 6.61 Å². The number of ether oxygens (including phenoxy) is 2. The highest BCUT2D eigenvalue weighted by Gasteiger charge is 2.60. The van der Waals surface area contributed by atoms with Crippen molar-refractivity contribution >= 4 is 5.97 Å². The Morgan fingerprint density at radius 3 is 2.29 bits per heavy atom. The first-order valence-electron chi connectivity index (χ1n) is 13.4. The Labute approximate surface area is 210 Å². The second-order valence-corrected chi connectivity index (χ2v) is 10.9. The number of likely N-dealkylation sites (tertiary alicyclic amines) is 1. The van der Waals surface area contributed by atoms with Gasteiger partial charge in [0, 0.05) is 12.0 Å². The third-order valence-corrected chi connectivity index (χ3v) is 9.08. The lowest BCUT2D eigenvalue weighted by atomic mass is 9.53. The van der Waals surface area contributed by atoms with Gasteiger partial charge in [0.1, 0.15) is 18.0 Å². The number of nitrogens with zero attached hydrogens (tertiary/aromatic N) is 1. The molecule has 4 heteroatoms. The van der Waals surface area contributed by atoms with E-state index in [1.165, 1.54) is 0 Å². The van der Waals surface area contributed by atoms with Crippen molar-refractivity contribution in [3.05, 3.63) is 78.4 Å². The van der Waals surface area contributed by atoms with Crippen LogP contribution in [0.1, 0.15) is 63.9 Å². The molecule has 186 valence electrons. The van der Waals surface area contributed by atoms with E-state index < -0.39 is 5.41 Å². The summed E-state index contributed by atoms with van der Waals surface area (Å²) in [6, 6.07) is 20.4. The van der Waals surface area contributed by atoms with Gasteiger partial charge < -0.3 is 9.47 Å². The van der Waals surface area contributed by atoms with E-state index >= 15 is 0 Å². The minimum Gasteiger partial charge on any atom is -0.492 e. The van der Waals surface area contributed by atoms with Crippen molar-refractivity contribution < 1.29 is 14.3 Å². The maximum atomic E-state index is 14.0. The van der Waals surface area contributed by atoms with Crippen LogP contribution in [0.3, 0.4) is 0 Å². The number of carbonyl (C=O) groups excluding carboxylic acids is 1. The van der Waals surface area contributed by atoms with Gasteiger partial charge in [-0.15, -0.1) is 0 Å². The van der Waals surface area contributed by atoms with Crippen LogP contribution in [0, 0.1) is 5.41 Å². The molecule has 5 rings (SSSR count). The number of esters is 1. The van der Waals surface area contributed by atoms with Gasteiger partial charge in [-0.05, 0) is 89.1 Å². The molecule has 0 radical (unpaired) electrons. The van der Waals surface area contributed by atoms with Crippen LogP contribution in [-0.4, -0.2) is 42.7 Å². The molecule has 2 aromatic carbocycles. The fourth-order valence-corrected chi connectivity index (χ4v) is 6.43. The van der Waals surface area contributed by atoms with Crippen LogP contribution in [0.25, 0.3) is 0 Å². The third-order valence-electron chi connectivity index (χ3n) is 9.08. The Kier molecular flexibility index (Phi) is 7.02. The van der Waals surface area contributed by atoms with E-state index in [1.807, 2.05) is 48.5 Å². The second-order valence-electron chi connectivity index (χ2n) is 10.9. The summed E-state index contributed by atoms with van der Waals surface area (Å²) in [4.78, 5) is 16.5. The Morgan fingerprint density at radius 1 is 0.886 bits per heavy atom. The van der Waals surface area contributed by atoms with Gasteiger partial charge in [-0.2, -0.15) is 0 Å². The first-order chi connectivity index (χ1) is 17.1. The molecule has 2 aliphatic carbocycles. The van der Waals surface area contributed by atoms with Gasteiger partial charge in [0.2, 0.25) is 0 Å². The van der Waals surface area contributed by atoms with E-state index in [9.17, 15) is 4.79 Å². The topological polar surface area (TPSA) is 38.8 Å². The number of rotatable bonds is 7. The molecule has 3 aliphatic rings. The minimum absolute atomic E-state index is 0.0180. The van der Waals surface area contributed by atoms with Gasteiger partial charge in [0.25, 0.3) is 0 Å². The van der Waals surface area contributed by atoms with E-state index in [2.05, 4.69) is 36.1 Å². The predicted molar refractivity (Wildman–Crippen MR) is 140 cm³/mol. The Bertz CT molecular complexity index is 1010. The molecule has 35 heavy (non-hydrogen) atoms. The number of piperidine rings is 1. The van der Waals surface area contributed by atoms with Crippen molar-refractivity contribution in [3.63, 3.8) is 0 Å². The molecule has 1 aliphatic heterocycles. The molecule has 0 N–H and O–H groups in total. The highest BCUT2D eigenvalue weighted by Crippen LogP contribution is 2.59. The van der Waals surface area contributed by atoms with Gasteiger partial charge in [-0.1, -0.05) is 60.7 Å². The summed E-state index contributed by atoms with van der Waals surface area (Å²) >= 11 is 0. The minimum atomic E-state index is -0.566. The van der Waals surface area contributed by atoms with Crippen LogP contribution in [0.4, 0.5) is 0 Å². The normalized spacial score (nSPS) is 28.1. The predicted octanol–water partition coefficient (Wildman–Crippen LogP) is 6.31. The van der Waals surface area contributed by atoms with Gasteiger partial charge in [-0.25, -0.2) is 0 Å². The molecule has 1 spiro atoms. The average Bonchev–Trinajstić information content (AvgIpc) is 3.17. The maximum absolute atomic E-state index is 14.0. The van der Waals surface area contributed by atoms with E-state index in [0.717, 1.165) is 82.3 Å². The molecule has 1 saturated heterocycles. The molecular weight excluding hydrogens is 434 g/mol. The second kappa shape index (κ2) is 10.2. The van der Waals surface area contributed by atoms with Crippen LogP contribution >= 0.6 is 0 Å². The molecule has 2 fully saturated rings. The number of benzene rings is 2. The highest BCUT2D eigenvalue weighted by atomic mass is 16.6. The van der Waals surface area contributed by atoms with Crippen molar-refractivity contribution in [1.29, 1.82) is 0 Å². The SMILES string of the molecule is C[C@]1(OC(=O)C2(c3ccccc3)CC=CCCC2)CCC12CCN(CCOc1ccccc1)CC2. The lowest BCUT2D eigenvalue weighted by molar-refractivity contribution is -0.219. The van der Waals surface area contributed by atoms with Gasteiger partial charge in [-0.3, -0.25) is 9.69 Å². The molecule has 0 bridgehead atoms. The first-order valence-corrected chi connectivity index (χ1v) is 13.4. The Morgan fingerprint density at radius 2 is 1.60 bits per heavy atom. The number of para-hydroxylation sites is 1. The molecule has 0 aromatic heterocycles. The first kappa shape index (κ1) is 24.1. The molecule has 1 saturated carbocycles. The molecule has 0 amide bonds. The van der Waals surface area contributed by atoms with Crippen LogP contribution < -0.4 is 4.74 Å². The average molecular weight is 474 g/mol. The Balaban J connectivity index is 1.22. The molecule has 2 atom stereocenters. The summed E-state index contributed by atoms with van der Waals surface area (Å²) in [5.74, 6) is 0.913. The fraction of sp³-hybridized carbons (Fsp3) is 0.516. The molecular formula is C31H39NO3. The summed E-state index contributed by atoms with van der Waals surface area (Å²) in [7, 11) is 0. The largest absolute Gasteiger partial charge is 0.492 e. The van der Waals surface area contributed by atoms with E-state index in [4.69, 9.17) is 9.47 Å². The van der Waals surface area contributed by atoms with Crippen LogP contribution in [-0.2, 0) is 14.9 Å². The standard InChI is InChI=1S/C31H39NO3/c1-29(35-28(33)31(16-10-2-3-11-17-31)26-12-6-4-7-13-26)18-19-30(29)20-22-32(23-21-30)24-25-34-27-14-8-5-9-15-27/h2,4-10,12-15H,3,11,16-25H2,1H3/t29-,31?/m0/s1. The summed E-state index contributed by atoms with van der Waals surface area (Å²) in [5.41, 5.74) is 0.275. The quantitative estimate of drug-likeness (QED) is 0.349. The zero-order valence-electron chi connectivity index (χ0n) is 21.1. The van der Waals surface area contributed by atoms with Crippen molar-refractivity contribution in [1.82, 2.24) is 4.90 Å². The van der Waals surface area contributed by atoms with Gasteiger partial charge in [0.15, 0.2) is 0 Å². The monoisotopic (exact) mass is 473 g/mol. The summed E-state index contributed by atoms with van der Waals surface area (Å²) in [6.07, 6.45) is 12.3. The van der Waals surface area contributed by atoms with Crippen molar-refractivity contribution in [3.8, 4) is 5.75 Å². The van der Waals surface area contributed by atoms with Crippen LogP contribution in [0.5, 0.6) is 5.75 Å². The third kappa shape index (κ3) is 4.78. The smallest absolute Gasteiger partial charge is 0.317 e. The summed E-state index contributed by atoms with van der Waals surface area (Å²) in [5, 5.41) is 0. The zero-order chi connectivity index (χ0) is 24.2. The Hall–Kier alpha value is -2.59. The van der Waals surface area contributed by atoms with Crippen LogP contribution in [0.2, 0.25) is 0 Å². The van der Waals surface area contributed by atoms with E-state index in [1.54, 1.807) is 0 Å². The zero-order valence-corrected chi connectivity index (χ0v) is 21.1. The number of carbonyl (C=O) groups is 1. The molecule has 1 unspecified atom stereocenters. The lowest BCUT2D eigenvalue weighted by Crippen LogP contribution is -2.62. The van der Waals surface area contributed by atoms with Crippen molar-refractivity contribution in [2.75, 3.05) is 26.2 Å². The van der Waals surface area contributed by atoms with Crippen molar-refractivity contribution in [2.45, 2.75) is 69.3 Å². The number of allylic oxidation sites excluding steroid dienone is 2. The maximum Gasteiger partial charge on any atom is 0.317 e. The van der Waals surface area contributed by atoms with Crippen LogP contribution in [0.15, 0.2) is 72.8 Å². The summed E-state index contributed by atoms with van der Waals surface area (Å²) in [6.45, 7) is 5.92. The number of hydrogen-bond acceptors (Lipinski definition) is 4. The highest BCUT2D eigenvalue weighted by molar-refractivity contribution is 5.84. The van der Waals surface area contributed by atoms with Gasteiger partial charge in [0.05, 0.1) is 5.41 Å². The molecule has 2 aromatic rings. The molecule has 4 nitrogen and oxygen atoms in total. The van der Waals surface area contributed by atoms with E-state index in [-0.39, 0.29) is 17.0 Å². The number of hydrogen-bond donors (Lipinski definition) is 0. The lowest BCUT2D eigenvalue weighted by Gasteiger charge is -2.60. The molecule has 1 heterocycles.